The number of aliphatic hydroxyl groups is 1. The van der Waals surface area contributed by atoms with Gasteiger partial charge in [-0.3, -0.25) is 4.79 Å². The molecule has 0 radical (unpaired) electrons. The number of hydrogen-bond donors (Lipinski definition) is 1. The second-order valence-corrected chi connectivity index (χ2v) is 6.04. The summed E-state index contributed by atoms with van der Waals surface area (Å²) < 4.78 is 10.6. The molecule has 6 nitrogen and oxygen atoms in total. The van der Waals surface area contributed by atoms with Crippen molar-refractivity contribution in [2.75, 3.05) is 19.7 Å². The molecule has 1 saturated heterocycles. The fourth-order valence-electron chi connectivity index (χ4n) is 3.26. The lowest BCUT2D eigenvalue weighted by Crippen LogP contribution is -2.50. The van der Waals surface area contributed by atoms with Gasteiger partial charge >= 0.3 is 0 Å². The zero-order chi connectivity index (χ0) is 15.8. The van der Waals surface area contributed by atoms with Crippen molar-refractivity contribution in [2.45, 2.75) is 24.9 Å². The zero-order valence-electron chi connectivity index (χ0n) is 12.6. The van der Waals surface area contributed by atoms with Crippen LogP contribution in [0, 0.1) is 0 Å². The molecular formula is C17H18N2O4. The van der Waals surface area contributed by atoms with Crippen molar-refractivity contribution in [1.82, 2.24) is 10.1 Å². The highest BCUT2D eigenvalue weighted by Gasteiger charge is 2.38. The molecule has 1 fully saturated rings. The molecule has 0 spiro atoms. The Bertz CT molecular complexity index is 721. The number of amides is 1. The van der Waals surface area contributed by atoms with Gasteiger partial charge < -0.3 is 19.3 Å². The summed E-state index contributed by atoms with van der Waals surface area (Å²) in [5, 5.41) is 13.0. The van der Waals surface area contributed by atoms with Crippen LogP contribution in [0.25, 0.3) is 0 Å². The van der Waals surface area contributed by atoms with Gasteiger partial charge in [-0.1, -0.05) is 23.4 Å². The quantitative estimate of drug-likeness (QED) is 0.932. The van der Waals surface area contributed by atoms with Crippen LogP contribution in [-0.2, 0) is 11.4 Å². The van der Waals surface area contributed by atoms with Crippen LogP contribution in [0.15, 0.2) is 34.9 Å². The Balaban J connectivity index is 1.44. The highest BCUT2D eigenvalue weighted by Crippen LogP contribution is 2.37. The molecular weight excluding hydrogens is 296 g/mol. The minimum atomic E-state index is -0.152. The fourth-order valence-corrected chi connectivity index (χ4v) is 3.26. The molecule has 23 heavy (non-hydrogen) atoms. The Kier molecular flexibility index (Phi) is 3.53. The monoisotopic (exact) mass is 314 g/mol. The fraction of sp³-hybridized carbons (Fsp3) is 0.412. The van der Waals surface area contributed by atoms with E-state index in [2.05, 4.69) is 5.16 Å². The summed E-state index contributed by atoms with van der Waals surface area (Å²) in [6.07, 6.45) is 0.718. The molecule has 0 aliphatic carbocycles. The number of rotatable bonds is 3. The number of likely N-dealkylation sites (tertiary alicyclic amines) is 1. The first kappa shape index (κ1) is 14.3. The predicted octanol–water partition coefficient (Wildman–Crippen LogP) is 1.66. The summed E-state index contributed by atoms with van der Waals surface area (Å²) in [6.45, 7) is 1.72. The average molecular weight is 314 g/mol. The van der Waals surface area contributed by atoms with Crippen LogP contribution in [-0.4, -0.2) is 40.8 Å². The van der Waals surface area contributed by atoms with Crippen LogP contribution in [0.1, 0.15) is 35.3 Å². The number of hydrogen-bond acceptors (Lipinski definition) is 5. The van der Waals surface area contributed by atoms with Gasteiger partial charge in [0, 0.05) is 30.6 Å². The average Bonchev–Trinajstić information content (AvgIpc) is 3.01. The Morgan fingerprint density at radius 2 is 2.17 bits per heavy atom. The minimum absolute atomic E-state index is 0.119. The topological polar surface area (TPSA) is 75.8 Å². The van der Waals surface area contributed by atoms with E-state index in [1.165, 1.54) is 0 Å². The van der Waals surface area contributed by atoms with Crippen molar-refractivity contribution in [3.63, 3.8) is 0 Å². The molecule has 1 amide bonds. The van der Waals surface area contributed by atoms with Gasteiger partial charge in [-0.25, -0.2) is 0 Å². The van der Waals surface area contributed by atoms with Crippen molar-refractivity contribution >= 4 is 5.91 Å². The van der Waals surface area contributed by atoms with E-state index in [1.807, 2.05) is 29.2 Å². The number of carbonyl (C=O) groups is 1. The third-order valence-corrected chi connectivity index (χ3v) is 4.60. The van der Waals surface area contributed by atoms with E-state index in [-0.39, 0.29) is 24.3 Å². The smallest absolute Gasteiger partial charge is 0.230 e. The number of nitrogens with zero attached hydrogens (tertiary/aromatic N) is 2. The molecule has 2 aliphatic rings. The number of aromatic nitrogens is 1. The van der Waals surface area contributed by atoms with Crippen LogP contribution in [0.5, 0.6) is 5.75 Å². The molecule has 6 heteroatoms. The Morgan fingerprint density at radius 1 is 1.35 bits per heavy atom. The van der Waals surface area contributed by atoms with Crippen LogP contribution >= 0.6 is 0 Å². The van der Waals surface area contributed by atoms with Crippen molar-refractivity contribution in [3.8, 4) is 5.75 Å². The van der Waals surface area contributed by atoms with Crippen molar-refractivity contribution in [2.24, 2.45) is 0 Å². The van der Waals surface area contributed by atoms with Crippen LogP contribution < -0.4 is 4.74 Å². The molecule has 1 aromatic heterocycles. The van der Waals surface area contributed by atoms with Gasteiger partial charge in [0.2, 0.25) is 5.91 Å². The molecule has 3 heterocycles. The van der Waals surface area contributed by atoms with Gasteiger partial charge in [-0.15, -0.1) is 0 Å². The second kappa shape index (κ2) is 5.70. The van der Waals surface area contributed by atoms with Crippen LogP contribution in [0.4, 0.5) is 0 Å². The second-order valence-electron chi connectivity index (χ2n) is 6.04. The highest BCUT2D eigenvalue weighted by molar-refractivity contribution is 5.85. The lowest BCUT2D eigenvalue weighted by molar-refractivity contribution is -0.138. The third-order valence-electron chi connectivity index (χ3n) is 4.60. The molecule has 120 valence electrons. The summed E-state index contributed by atoms with van der Waals surface area (Å²) >= 11 is 0. The van der Waals surface area contributed by atoms with Gasteiger partial charge in [-0.05, 0) is 12.5 Å². The molecule has 4 rings (SSSR count). The molecule has 1 N–H and O–H groups in total. The van der Waals surface area contributed by atoms with Gasteiger partial charge in [0.05, 0.1) is 18.2 Å². The summed E-state index contributed by atoms with van der Waals surface area (Å²) in [4.78, 5) is 14.6. The van der Waals surface area contributed by atoms with Crippen molar-refractivity contribution in [1.29, 1.82) is 0 Å². The van der Waals surface area contributed by atoms with E-state index >= 15 is 0 Å². The maximum absolute atomic E-state index is 12.8. The van der Waals surface area contributed by atoms with E-state index in [0.29, 0.717) is 25.5 Å². The van der Waals surface area contributed by atoms with E-state index in [4.69, 9.17) is 14.4 Å². The van der Waals surface area contributed by atoms with Crippen molar-refractivity contribution in [3.05, 3.63) is 47.3 Å². The van der Waals surface area contributed by atoms with E-state index in [9.17, 15) is 4.79 Å². The lowest BCUT2D eigenvalue weighted by Gasteiger charge is -2.41. The Hall–Kier alpha value is -2.34. The number of ether oxygens (including phenoxy) is 1. The summed E-state index contributed by atoms with van der Waals surface area (Å²) in [6, 6.07) is 9.52. The van der Waals surface area contributed by atoms with E-state index in [1.54, 1.807) is 6.07 Å². The minimum Gasteiger partial charge on any atom is -0.493 e. The molecule has 2 aromatic rings. The van der Waals surface area contributed by atoms with Gasteiger partial charge in [-0.2, -0.15) is 0 Å². The molecule has 1 atom stereocenters. The van der Waals surface area contributed by atoms with Crippen LogP contribution in [0.2, 0.25) is 0 Å². The molecule has 0 bridgehead atoms. The standard InChI is InChI=1S/C17H18N2O4/c20-10-12-7-15(18-23-12)11-8-19(9-11)17(21)14-5-6-22-16-4-2-1-3-13(14)16/h1-4,7,11,14,20H,5-6,8-10H2. The third kappa shape index (κ3) is 2.49. The maximum Gasteiger partial charge on any atom is 0.230 e. The van der Waals surface area contributed by atoms with Gasteiger partial charge in [0.25, 0.3) is 0 Å². The Morgan fingerprint density at radius 3 is 2.96 bits per heavy atom. The molecule has 1 unspecified atom stereocenters. The summed E-state index contributed by atoms with van der Waals surface area (Å²) in [5.74, 6) is 1.51. The first-order chi connectivity index (χ1) is 11.3. The number of carbonyl (C=O) groups excluding carboxylic acids is 1. The van der Waals surface area contributed by atoms with E-state index in [0.717, 1.165) is 23.4 Å². The molecule has 1 aromatic carbocycles. The maximum atomic E-state index is 12.8. The first-order valence-electron chi connectivity index (χ1n) is 7.83. The van der Waals surface area contributed by atoms with Crippen LogP contribution in [0.3, 0.4) is 0 Å². The largest absolute Gasteiger partial charge is 0.493 e. The number of benzene rings is 1. The molecule has 2 aliphatic heterocycles. The molecule has 0 saturated carbocycles. The zero-order valence-corrected chi connectivity index (χ0v) is 12.6. The summed E-state index contributed by atoms with van der Waals surface area (Å²) in [5.41, 5.74) is 1.79. The predicted molar refractivity (Wildman–Crippen MR) is 81.0 cm³/mol. The van der Waals surface area contributed by atoms with Crippen molar-refractivity contribution < 1.29 is 19.2 Å². The van der Waals surface area contributed by atoms with Gasteiger partial charge in [0.15, 0.2) is 5.76 Å². The Labute approximate surface area is 133 Å². The summed E-state index contributed by atoms with van der Waals surface area (Å²) in [7, 11) is 0. The van der Waals surface area contributed by atoms with Gasteiger partial charge in [0.1, 0.15) is 12.4 Å². The number of aliphatic hydroxyl groups excluding tert-OH is 1. The highest BCUT2D eigenvalue weighted by atomic mass is 16.5. The van der Waals surface area contributed by atoms with E-state index < -0.39 is 0 Å². The normalized spacial score (nSPS) is 20.6. The number of fused-ring (bicyclic) bond motifs is 1. The first-order valence-corrected chi connectivity index (χ1v) is 7.83. The SMILES string of the molecule is O=C(C1CCOc2ccccc21)N1CC(c2cc(CO)on2)C1. The number of para-hydroxylation sites is 1. The lowest BCUT2D eigenvalue weighted by atomic mass is 9.88.